The number of rotatable bonds is 5. The molecule has 1 saturated carbocycles. The molecule has 2 unspecified atom stereocenters. The second-order valence-electron chi connectivity index (χ2n) is 5.66. The lowest BCUT2D eigenvalue weighted by Gasteiger charge is -2.41. The van der Waals surface area contributed by atoms with Gasteiger partial charge in [0, 0.05) is 31.2 Å². The van der Waals surface area contributed by atoms with E-state index in [1.165, 1.54) is 12.8 Å². The standard InChI is InChI=1S/C13H26N2O/c1-10(2)13(8-14-12-4-5-12)15-6-7-16-9-11(15)3/h10-14H,4-9H2,1-3H3. The molecule has 0 bridgehead atoms. The van der Waals surface area contributed by atoms with Gasteiger partial charge in [-0.15, -0.1) is 0 Å². The normalized spacial score (nSPS) is 29.6. The number of hydrogen-bond acceptors (Lipinski definition) is 3. The largest absolute Gasteiger partial charge is 0.379 e. The predicted octanol–water partition coefficient (Wildman–Crippen LogP) is 1.48. The van der Waals surface area contributed by atoms with Gasteiger partial charge in [0.15, 0.2) is 0 Å². The average molecular weight is 226 g/mol. The Morgan fingerprint density at radius 3 is 2.69 bits per heavy atom. The molecule has 2 rings (SSSR count). The minimum absolute atomic E-state index is 0.571. The Morgan fingerprint density at radius 2 is 2.12 bits per heavy atom. The Kier molecular flexibility index (Phi) is 4.22. The first kappa shape index (κ1) is 12.3. The third-order valence-electron chi connectivity index (χ3n) is 3.81. The molecule has 1 N–H and O–H groups in total. The van der Waals surface area contributed by atoms with Gasteiger partial charge < -0.3 is 10.1 Å². The van der Waals surface area contributed by atoms with E-state index in [2.05, 4.69) is 31.0 Å². The van der Waals surface area contributed by atoms with Crippen molar-refractivity contribution in [2.75, 3.05) is 26.3 Å². The molecule has 3 nitrogen and oxygen atoms in total. The second kappa shape index (κ2) is 5.48. The maximum atomic E-state index is 5.52. The number of morpholine rings is 1. The summed E-state index contributed by atoms with van der Waals surface area (Å²) in [5, 5.41) is 3.67. The van der Waals surface area contributed by atoms with Gasteiger partial charge in [0.25, 0.3) is 0 Å². The molecular weight excluding hydrogens is 200 g/mol. The van der Waals surface area contributed by atoms with Crippen LogP contribution in [0.4, 0.5) is 0 Å². The molecule has 2 atom stereocenters. The van der Waals surface area contributed by atoms with Crippen molar-refractivity contribution in [1.29, 1.82) is 0 Å². The van der Waals surface area contributed by atoms with Gasteiger partial charge in [-0.1, -0.05) is 13.8 Å². The molecule has 0 radical (unpaired) electrons. The fraction of sp³-hybridized carbons (Fsp3) is 1.00. The molecule has 0 aromatic heterocycles. The molecule has 94 valence electrons. The predicted molar refractivity (Wildman–Crippen MR) is 66.6 cm³/mol. The van der Waals surface area contributed by atoms with Gasteiger partial charge in [0.1, 0.15) is 0 Å². The molecule has 1 saturated heterocycles. The van der Waals surface area contributed by atoms with E-state index >= 15 is 0 Å². The summed E-state index contributed by atoms with van der Waals surface area (Å²) in [5.41, 5.74) is 0. The van der Waals surface area contributed by atoms with E-state index in [1.54, 1.807) is 0 Å². The fourth-order valence-electron chi connectivity index (χ4n) is 2.54. The summed E-state index contributed by atoms with van der Waals surface area (Å²) in [6, 6.07) is 2.05. The van der Waals surface area contributed by atoms with Crippen molar-refractivity contribution in [1.82, 2.24) is 10.2 Å². The first-order valence-corrected chi connectivity index (χ1v) is 6.75. The fourth-order valence-corrected chi connectivity index (χ4v) is 2.54. The Hall–Kier alpha value is -0.120. The monoisotopic (exact) mass is 226 g/mol. The second-order valence-corrected chi connectivity index (χ2v) is 5.66. The third kappa shape index (κ3) is 3.19. The van der Waals surface area contributed by atoms with Crippen LogP contribution >= 0.6 is 0 Å². The van der Waals surface area contributed by atoms with Gasteiger partial charge in [0.05, 0.1) is 13.2 Å². The summed E-state index contributed by atoms with van der Waals surface area (Å²) >= 11 is 0. The van der Waals surface area contributed by atoms with E-state index in [4.69, 9.17) is 4.74 Å². The van der Waals surface area contributed by atoms with Gasteiger partial charge in [-0.2, -0.15) is 0 Å². The lowest BCUT2D eigenvalue weighted by molar-refractivity contribution is -0.0311. The van der Waals surface area contributed by atoms with Crippen LogP contribution in [0.3, 0.4) is 0 Å². The lowest BCUT2D eigenvalue weighted by Crippen LogP contribution is -2.54. The quantitative estimate of drug-likeness (QED) is 0.768. The van der Waals surface area contributed by atoms with Gasteiger partial charge in [0.2, 0.25) is 0 Å². The van der Waals surface area contributed by atoms with Gasteiger partial charge in [-0.25, -0.2) is 0 Å². The summed E-state index contributed by atoms with van der Waals surface area (Å²) in [6.07, 6.45) is 2.76. The summed E-state index contributed by atoms with van der Waals surface area (Å²) in [4.78, 5) is 2.63. The molecule has 1 aliphatic carbocycles. The van der Waals surface area contributed by atoms with Crippen LogP contribution in [0.2, 0.25) is 0 Å². The Bertz CT molecular complexity index is 216. The number of nitrogens with zero attached hydrogens (tertiary/aromatic N) is 1. The maximum absolute atomic E-state index is 5.52. The third-order valence-corrected chi connectivity index (χ3v) is 3.81. The van der Waals surface area contributed by atoms with Crippen LogP contribution in [-0.4, -0.2) is 49.3 Å². The molecule has 3 heteroatoms. The van der Waals surface area contributed by atoms with E-state index in [9.17, 15) is 0 Å². The summed E-state index contributed by atoms with van der Waals surface area (Å²) in [5.74, 6) is 0.715. The summed E-state index contributed by atoms with van der Waals surface area (Å²) in [7, 11) is 0. The van der Waals surface area contributed by atoms with Gasteiger partial charge in [-0.3, -0.25) is 4.90 Å². The SMILES string of the molecule is CC(C)C(CNC1CC1)N1CCOCC1C. The molecular formula is C13H26N2O. The van der Waals surface area contributed by atoms with Gasteiger partial charge >= 0.3 is 0 Å². The van der Waals surface area contributed by atoms with Crippen molar-refractivity contribution < 1.29 is 4.74 Å². The van der Waals surface area contributed by atoms with Crippen LogP contribution in [0.25, 0.3) is 0 Å². The zero-order valence-electron chi connectivity index (χ0n) is 10.9. The molecule has 1 aliphatic heterocycles. The summed E-state index contributed by atoms with van der Waals surface area (Å²) in [6.45, 7) is 11.0. The molecule has 1 heterocycles. The first-order valence-electron chi connectivity index (χ1n) is 6.75. The van der Waals surface area contributed by atoms with Crippen LogP contribution in [0.5, 0.6) is 0 Å². The Balaban J connectivity index is 1.87. The van der Waals surface area contributed by atoms with Crippen molar-refractivity contribution in [3.63, 3.8) is 0 Å². The van der Waals surface area contributed by atoms with Crippen LogP contribution in [0.15, 0.2) is 0 Å². The van der Waals surface area contributed by atoms with Crippen molar-refractivity contribution in [3.8, 4) is 0 Å². The number of nitrogens with one attached hydrogen (secondary N) is 1. The van der Waals surface area contributed by atoms with Crippen molar-refractivity contribution in [3.05, 3.63) is 0 Å². The van der Waals surface area contributed by atoms with E-state index in [-0.39, 0.29) is 0 Å². The van der Waals surface area contributed by atoms with Crippen LogP contribution in [0, 0.1) is 5.92 Å². The van der Waals surface area contributed by atoms with Crippen LogP contribution in [0.1, 0.15) is 33.6 Å². The molecule has 0 aromatic carbocycles. The highest BCUT2D eigenvalue weighted by Gasteiger charge is 2.30. The zero-order valence-corrected chi connectivity index (χ0v) is 10.9. The topological polar surface area (TPSA) is 24.5 Å². The maximum Gasteiger partial charge on any atom is 0.0619 e. The van der Waals surface area contributed by atoms with E-state index in [0.717, 1.165) is 32.3 Å². The van der Waals surface area contributed by atoms with E-state index in [1.807, 2.05) is 0 Å². The lowest BCUT2D eigenvalue weighted by atomic mass is 10.00. The van der Waals surface area contributed by atoms with E-state index < -0.39 is 0 Å². The highest BCUT2D eigenvalue weighted by atomic mass is 16.5. The molecule has 0 amide bonds. The smallest absolute Gasteiger partial charge is 0.0619 e. The highest BCUT2D eigenvalue weighted by Crippen LogP contribution is 2.21. The zero-order chi connectivity index (χ0) is 11.5. The van der Waals surface area contributed by atoms with E-state index in [0.29, 0.717) is 18.0 Å². The Morgan fingerprint density at radius 1 is 1.38 bits per heavy atom. The molecule has 0 spiro atoms. The van der Waals surface area contributed by atoms with Crippen molar-refractivity contribution in [2.45, 2.75) is 51.7 Å². The van der Waals surface area contributed by atoms with Crippen molar-refractivity contribution >= 4 is 0 Å². The number of ether oxygens (including phenoxy) is 1. The van der Waals surface area contributed by atoms with Gasteiger partial charge in [-0.05, 0) is 25.7 Å². The van der Waals surface area contributed by atoms with Crippen LogP contribution in [-0.2, 0) is 4.74 Å². The Labute approximate surface area is 99.5 Å². The molecule has 2 fully saturated rings. The summed E-state index contributed by atoms with van der Waals surface area (Å²) < 4.78 is 5.52. The molecule has 0 aromatic rings. The van der Waals surface area contributed by atoms with Crippen molar-refractivity contribution in [2.24, 2.45) is 5.92 Å². The number of hydrogen-bond donors (Lipinski definition) is 1. The minimum atomic E-state index is 0.571. The highest BCUT2D eigenvalue weighted by molar-refractivity contribution is 4.87. The molecule has 2 aliphatic rings. The molecule has 16 heavy (non-hydrogen) atoms. The first-order chi connectivity index (χ1) is 7.68. The average Bonchev–Trinajstić information content (AvgIpc) is 3.04. The van der Waals surface area contributed by atoms with Crippen LogP contribution < -0.4 is 5.32 Å². The minimum Gasteiger partial charge on any atom is -0.379 e.